The van der Waals surface area contributed by atoms with Crippen LogP contribution >= 0.6 is 0 Å². The molecule has 20 heavy (non-hydrogen) atoms. The smallest absolute Gasteiger partial charge is 0.234 e. The largest absolute Gasteiger partial charge is 0.496 e. The van der Waals surface area contributed by atoms with Crippen LogP contribution in [0.4, 0.5) is 4.39 Å². The third-order valence-electron chi connectivity index (χ3n) is 3.46. The predicted molar refractivity (Wildman–Crippen MR) is 75.1 cm³/mol. The van der Waals surface area contributed by atoms with Crippen LogP contribution < -0.4 is 15.4 Å². The number of nitrogens with one attached hydrogen (secondary N) is 2. The fraction of sp³-hybridized carbons (Fsp3) is 0.533. The number of benzene rings is 1. The van der Waals surface area contributed by atoms with Crippen LogP contribution in [-0.2, 0) is 4.79 Å². The van der Waals surface area contributed by atoms with Crippen LogP contribution in [0.3, 0.4) is 0 Å². The lowest BCUT2D eigenvalue weighted by molar-refractivity contribution is -0.120. The van der Waals surface area contributed by atoms with E-state index < -0.39 is 6.04 Å². The van der Waals surface area contributed by atoms with Gasteiger partial charge < -0.3 is 15.4 Å². The second-order valence-corrected chi connectivity index (χ2v) is 5.22. The van der Waals surface area contributed by atoms with Gasteiger partial charge in [-0.3, -0.25) is 4.79 Å². The van der Waals surface area contributed by atoms with Crippen LogP contribution in [0, 0.1) is 11.7 Å². The maximum Gasteiger partial charge on any atom is 0.234 e. The molecule has 1 amide bonds. The van der Waals surface area contributed by atoms with E-state index in [1.54, 1.807) is 19.1 Å². The number of methoxy groups -OCH3 is 1. The van der Waals surface area contributed by atoms with Crippen molar-refractivity contribution in [1.29, 1.82) is 0 Å². The zero-order chi connectivity index (χ0) is 14.5. The third kappa shape index (κ3) is 3.93. The molecule has 0 heterocycles. The number of carbonyl (C=O) groups excluding carboxylic acids is 1. The van der Waals surface area contributed by atoms with Crippen LogP contribution in [-0.4, -0.2) is 26.1 Å². The maximum atomic E-state index is 13.9. The average molecular weight is 280 g/mol. The zero-order valence-corrected chi connectivity index (χ0v) is 11.9. The summed E-state index contributed by atoms with van der Waals surface area (Å²) in [7, 11) is 1.49. The van der Waals surface area contributed by atoms with E-state index in [4.69, 9.17) is 4.74 Å². The van der Waals surface area contributed by atoms with E-state index in [2.05, 4.69) is 10.6 Å². The van der Waals surface area contributed by atoms with Gasteiger partial charge in [-0.15, -0.1) is 0 Å². The number of ether oxygens (including phenoxy) is 1. The molecule has 4 nitrogen and oxygen atoms in total. The van der Waals surface area contributed by atoms with Crippen LogP contribution in [0.15, 0.2) is 18.2 Å². The van der Waals surface area contributed by atoms with Gasteiger partial charge in [-0.2, -0.15) is 0 Å². The molecule has 1 aromatic rings. The van der Waals surface area contributed by atoms with E-state index in [1.807, 2.05) is 0 Å². The summed E-state index contributed by atoms with van der Waals surface area (Å²) < 4.78 is 19.0. The molecule has 1 aliphatic carbocycles. The number of halogens is 1. The Hall–Kier alpha value is -1.62. The molecule has 0 aliphatic heterocycles. The van der Waals surface area contributed by atoms with Gasteiger partial charge in [-0.25, -0.2) is 4.39 Å². The third-order valence-corrected chi connectivity index (χ3v) is 3.46. The molecule has 1 aliphatic rings. The summed E-state index contributed by atoms with van der Waals surface area (Å²) in [6.45, 7) is 2.89. The Bertz CT molecular complexity index is 475. The van der Waals surface area contributed by atoms with Gasteiger partial charge in [0.15, 0.2) is 0 Å². The van der Waals surface area contributed by atoms with Gasteiger partial charge >= 0.3 is 0 Å². The molecule has 1 unspecified atom stereocenters. The van der Waals surface area contributed by atoms with Crippen molar-refractivity contribution in [2.75, 3.05) is 20.2 Å². The Morgan fingerprint density at radius 2 is 2.25 bits per heavy atom. The van der Waals surface area contributed by atoms with Crippen molar-refractivity contribution in [2.24, 2.45) is 5.92 Å². The SMILES string of the molecule is COc1cccc(F)c1C(C)NC(=O)CNCC1CC1. The van der Waals surface area contributed by atoms with Gasteiger partial charge in [0.05, 0.1) is 25.3 Å². The lowest BCUT2D eigenvalue weighted by Gasteiger charge is -2.18. The molecular formula is C15H21FN2O2. The number of carbonyl (C=O) groups is 1. The van der Waals surface area contributed by atoms with Crippen molar-refractivity contribution in [3.63, 3.8) is 0 Å². The normalized spacial score (nSPS) is 15.8. The fourth-order valence-corrected chi connectivity index (χ4v) is 2.19. The highest BCUT2D eigenvalue weighted by molar-refractivity contribution is 5.78. The van der Waals surface area contributed by atoms with Crippen LogP contribution in [0.5, 0.6) is 5.75 Å². The Balaban J connectivity index is 1.89. The van der Waals surface area contributed by atoms with E-state index in [9.17, 15) is 9.18 Å². The van der Waals surface area contributed by atoms with Crippen LogP contribution in [0.25, 0.3) is 0 Å². The van der Waals surface area contributed by atoms with Gasteiger partial charge in [-0.05, 0) is 44.4 Å². The van der Waals surface area contributed by atoms with Crippen LogP contribution in [0.1, 0.15) is 31.4 Å². The first-order valence-corrected chi connectivity index (χ1v) is 6.94. The Kier molecular flexibility index (Phi) is 4.95. The molecule has 0 bridgehead atoms. The summed E-state index contributed by atoms with van der Waals surface area (Å²) in [5.74, 6) is 0.669. The molecule has 0 aromatic heterocycles. The van der Waals surface area contributed by atoms with Crippen molar-refractivity contribution >= 4 is 5.91 Å². The van der Waals surface area contributed by atoms with E-state index in [0.717, 1.165) is 12.5 Å². The number of rotatable bonds is 7. The standard InChI is InChI=1S/C15H21FN2O2/c1-10(15-12(16)4-3-5-13(15)20-2)18-14(19)9-17-8-11-6-7-11/h3-5,10-11,17H,6-9H2,1-2H3,(H,18,19). The molecule has 1 aromatic carbocycles. The lowest BCUT2D eigenvalue weighted by atomic mass is 10.1. The first-order chi connectivity index (χ1) is 9.61. The minimum absolute atomic E-state index is 0.136. The minimum Gasteiger partial charge on any atom is -0.496 e. The maximum absolute atomic E-state index is 13.9. The molecule has 0 radical (unpaired) electrons. The highest BCUT2D eigenvalue weighted by Crippen LogP contribution is 2.28. The van der Waals surface area contributed by atoms with Gasteiger partial charge in [0, 0.05) is 0 Å². The van der Waals surface area contributed by atoms with Gasteiger partial charge in [0.1, 0.15) is 11.6 Å². The Labute approximate surface area is 118 Å². The van der Waals surface area contributed by atoms with Crippen molar-refractivity contribution in [1.82, 2.24) is 10.6 Å². The lowest BCUT2D eigenvalue weighted by Crippen LogP contribution is -2.36. The zero-order valence-electron chi connectivity index (χ0n) is 11.9. The predicted octanol–water partition coefficient (Wildman–Crippen LogP) is 2.01. The molecule has 1 saturated carbocycles. The molecule has 110 valence electrons. The molecular weight excluding hydrogens is 259 g/mol. The Morgan fingerprint density at radius 3 is 2.90 bits per heavy atom. The van der Waals surface area contributed by atoms with E-state index in [0.29, 0.717) is 11.3 Å². The second kappa shape index (κ2) is 6.70. The van der Waals surface area contributed by atoms with Crippen molar-refractivity contribution in [2.45, 2.75) is 25.8 Å². The average Bonchev–Trinajstić information content (AvgIpc) is 3.22. The van der Waals surface area contributed by atoms with Gasteiger partial charge in [-0.1, -0.05) is 6.07 Å². The Morgan fingerprint density at radius 1 is 1.50 bits per heavy atom. The molecule has 0 saturated heterocycles. The first-order valence-electron chi connectivity index (χ1n) is 6.94. The summed E-state index contributed by atoms with van der Waals surface area (Å²) in [4.78, 5) is 11.8. The summed E-state index contributed by atoms with van der Waals surface area (Å²) in [6.07, 6.45) is 2.49. The van der Waals surface area contributed by atoms with Crippen LogP contribution in [0.2, 0.25) is 0 Å². The number of hydrogen-bond acceptors (Lipinski definition) is 3. The van der Waals surface area contributed by atoms with E-state index >= 15 is 0 Å². The quantitative estimate of drug-likeness (QED) is 0.803. The number of amides is 1. The topological polar surface area (TPSA) is 50.4 Å². The van der Waals surface area contributed by atoms with E-state index in [-0.39, 0.29) is 18.3 Å². The molecule has 1 fully saturated rings. The highest BCUT2D eigenvalue weighted by atomic mass is 19.1. The molecule has 0 spiro atoms. The van der Waals surface area contributed by atoms with Gasteiger partial charge in [0.25, 0.3) is 0 Å². The highest BCUT2D eigenvalue weighted by Gasteiger charge is 2.21. The molecule has 1 atom stereocenters. The van der Waals surface area contributed by atoms with Crippen molar-refractivity contribution in [3.8, 4) is 5.75 Å². The van der Waals surface area contributed by atoms with E-state index in [1.165, 1.54) is 26.0 Å². The summed E-state index contributed by atoms with van der Waals surface area (Å²) in [5.41, 5.74) is 0.380. The summed E-state index contributed by atoms with van der Waals surface area (Å²) in [5, 5.41) is 5.89. The second-order valence-electron chi connectivity index (χ2n) is 5.22. The van der Waals surface area contributed by atoms with Crippen molar-refractivity contribution < 1.29 is 13.9 Å². The van der Waals surface area contributed by atoms with Crippen molar-refractivity contribution in [3.05, 3.63) is 29.6 Å². The minimum atomic E-state index is -0.429. The monoisotopic (exact) mass is 280 g/mol. The first kappa shape index (κ1) is 14.8. The van der Waals surface area contributed by atoms with Gasteiger partial charge in [0.2, 0.25) is 5.91 Å². The molecule has 2 N–H and O–H groups in total. The summed E-state index contributed by atoms with van der Waals surface area (Å²) >= 11 is 0. The fourth-order valence-electron chi connectivity index (χ4n) is 2.19. The molecule has 2 rings (SSSR count). The summed E-state index contributed by atoms with van der Waals surface area (Å²) in [6, 6.07) is 4.21. The number of hydrogen-bond donors (Lipinski definition) is 2. The molecule has 5 heteroatoms.